The predicted octanol–water partition coefficient (Wildman–Crippen LogP) is 2.64. The zero-order valence-electron chi connectivity index (χ0n) is 13.8. The molecule has 0 aromatic heterocycles. The lowest BCUT2D eigenvalue weighted by atomic mass is 10.1. The van der Waals surface area contributed by atoms with E-state index in [4.69, 9.17) is 9.47 Å². The third-order valence-corrected chi connectivity index (χ3v) is 4.13. The minimum absolute atomic E-state index is 0.109. The van der Waals surface area contributed by atoms with Gasteiger partial charge < -0.3 is 20.1 Å². The topological polar surface area (TPSA) is 93.7 Å². The van der Waals surface area contributed by atoms with Crippen molar-refractivity contribution in [1.29, 1.82) is 0 Å². The van der Waals surface area contributed by atoms with Gasteiger partial charge in [-0.05, 0) is 35.9 Å². The van der Waals surface area contributed by atoms with Crippen molar-refractivity contribution in [3.05, 3.63) is 52.0 Å². The Morgan fingerprint density at radius 3 is 2.62 bits per heavy atom. The van der Waals surface area contributed by atoms with Crippen LogP contribution >= 0.6 is 15.9 Å². The number of halogens is 1. The maximum absolute atomic E-state index is 12.5. The number of anilines is 1. The molecule has 0 fully saturated rings. The van der Waals surface area contributed by atoms with Gasteiger partial charge in [0, 0.05) is 17.9 Å². The minimum Gasteiger partial charge on any atom is -0.454 e. The van der Waals surface area contributed by atoms with E-state index in [2.05, 4.69) is 26.6 Å². The molecule has 2 N–H and O–H groups in total. The molecule has 0 saturated heterocycles. The first-order valence-corrected chi connectivity index (χ1v) is 8.51. The largest absolute Gasteiger partial charge is 0.454 e. The van der Waals surface area contributed by atoms with E-state index in [1.807, 2.05) is 0 Å². The Bertz CT molecular complexity index is 897. The number of hydrogen-bond donors (Lipinski definition) is 2. The molecule has 0 saturated carbocycles. The van der Waals surface area contributed by atoms with Crippen molar-refractivity contribution in [3.8, 4) is 11.5 Å². The van der Waals surface area contributed by atoms with E-state index < -0.39 is 11.7 Å². The zero-order valence-corrected chi connectivity index (χ0v) is 15.4. The Morgan fingerprint density at radius 1 is 1.08 bits per heavy atom. The molecule has 0 atom stereocenters. The van der Waals surface area contributed by atoms with E-state index in [-0.39, 0.29) is 30.5 Å². The van der Waals surface area contributed by atoms with Gasteiger partial charge in [-0.1, -0.05) is 22.0 Å². The number of nitrogens with one attached hydrogen (secondary N) is 2. The molecule has 1 heterocycles. The molecular weight excluding hydrogens is 404 g/mol. The van der Waals surface area contributed by atoms with Gasteiger partial charge in [0.2, 0.25) is 12.7 Å². The Morgan fingerprint density at radius 2 is 1.85 bits per heavy atom. The first-order valence-electron chi connectivity index (χ1n) is 7.72. The summed E-state index contributed by atoms with van der Waals surface area (Å²) < 4.78 is 11.1. The molecule has 0 bridgehead atoms. The van der Waals surface area contributed by atoms with Crippen molar-refractivity contribution in [3.63, 3.8) is 0 Å². The van der Waals surface area contributed by atoms with Crippen molar-refractivity contribution in [2.24, 2.45) is 0 Å². The molecule has 26 heavy (non-hydrogen) atoms. The quantitative estimate of drug-likeness (QED) is 0.574. The fraction of sp³-hybridized carbons (Fsp3) is 0.167. The summed E-state index contributed by atoms with van der Waals surface area (Å²) >= 11 is 3.26. The van der Waals surface area contributed by atoms with E-state index in [9.17, 15) is 14.4 Å². The number of benzene rings is 2. The third kappa shape index (κ3) is 4.02. The standard InChI is InChI=1S/C18H15BrN2O5/c1-10(22)21-14-4-3-12(19)7-13(14)17(23)18(24)20-8-11-2-5-15-16(6-11)26-9-25-15/h2-7H,8-9H2,1H3,(H,20,24)(H,21,22). The summed E-state index contributed by atoms with van der Waals surface area (Å²) in [6, 6.07) is 9.99. The number of fused-ring (bicyclic) bond motifs is 1. The summed E-state index contributed by atoms with van der Waals surface area (Å²) in [4.78, 5) is 36.0. The second kappa shape index (κ2) is 7.57. The molecule has 1 aliphatic heterocycles. The van der Waals surface area contributed by atoms with Crippen molar-refractivity contribution >= 4 is 39.2 Å². The minimum atomic E-state index is -0.771. The number of Topliss-reactive ketones (excluding diaryl/α,β-unsaturated/α-hetero) is 1. The molecule has 3 rings (SSSR count). The summed E-state index contributed by atoms with van der Waals surface area (Å²) in [5.74, 6) is -0.599. The maximum atomic E-state index is 12.5. The van der Waals surface area contributed by atoms with Gasteiger partial charge in [0.1, 0.15) is 0 Å². The van der Waals surface area contributed by atoms with Gasteiger partial charge >= 0.3 is 0 Å². The molecule has 0 unspecified atom stereocenters. The van der Waals surface area contributed by atoms with Crippen LogP contribution < -0.4 is 20.1 Å². The molecule has 8 heteroatoms. The van der Waals surface area contributed by atoms with Gasteiger partial charge in [0.15, 0.2) is 11.5 Å². The van der Waals surface area contributed by atoms with E-state index in [0.717, 1.165) is 5.56 Å². The van der Waals surface area contributed by atoms with Crippen LogP contribution in [0.2, 0.25) is 0 Å². The fourth-order valence-electron chi connectivity index (χ4n) is 2.44. The first kappa shape index (κ1) is 17.9. The van der Waals surface area contributed by atoms with Crippen LogP contribution in [-0.4, -0.2) is 24.4 Å². The third-order valence-electron chi connectivity index (χ3n) is 3.63. The number of ether oxygens (including phenoxy) is 2. The lowest BCUT2D eigenvalue weighted by molar-refractivity contribution is -0.117. The maximum Gasteiger partial charge on any atom is 0.292 e. The van der Waals surface area contributed by atoms with Gasteiger partial charge in [-0.2, -0.15) is 0 Å². The van der Waals surface area contributed by atoms with Crippen LogP contribution in [0.15, 0.2) is 40.9 Å². The fourth-order valence-corrected chi connectivity index (χ4v) is 2.80. The number of amides is 2. The number of ketones is 1. The molecule has 0 spiro atoms. The zero-order chi connectivity index (χ0) is 18.7. The van der Waals surface area contributed by atoms with E-state index >= 15 is 0 Å². The molecule has 2 amide bonds. The van der Waals surface area contributed by atoms with E-state index in [1.165, 1.54) is 13.0 Å². The Hall–Kier alpha value is -2.87. The second-order valence-electron chi connectivity index (χ2n) is 5.57. The highest BCUT2D eigenvalue weighted by Crippen LogP contribution is 2.32. The van der Waals surface area contributed by atoms with Crippen LogP contribution in [0.4, 0.5) is 5.69 Å². The molecule has 2 aromatic carbocycles. The van der Waals surface area contributed by atoms with Crippen LogP contribution in [-0.2, 0) is 16.1 Å². The normalized spacial score (nSPS) is 11.8. The van der Waals surface area contributed by atoms with Crippen LogP contribution in [0.3, 0.4) is 0 Å². The summed E-state index contributed by atoms with van der Waals surface area (Å²) in [5, 5.41) is 5.12. The van der Waals surface area contributed by atoms with Gasteiger partial charge in [-0.25, -0.2) is 0 Å². The van der Waals surface area contributed by atoms with Gasteiger partial charge in [-0.15, -0.1) is 0 Å². The molecule has 7 nitrogen and oxygen atoms in total. The van der Waals surface area contributed by atoms with Crippen LogP contribution in [0.25, 0.3) is 0 Å². The van der Waals surface area contributed by atoms with Crippen LogP contribution in [0.5, 0.6) is 11.5 Å². The van der Waals surface area contributed by atoms with Crippen LogP contribution in [0.1, 0.15) is 22.8 Å². The van der Waals surface area contributed by atoms with E-state index in [1.54, 1.807) is 30.3 Å². The van der Waals surface area contributed by atoms with Crippen molar-refractivity contribution < 1.29 is 23.9 Å². The Labute approximate surface area is 157 Å². The molecule has 134 valence electrons. The highest BCUT2D eigenvalue weighted by molar-refractivity contribution is 9.10. The SMILES string of the molecule is CC(=O)Nc1ccc(Br)cc1C(=O)C(=O)NCc1ccc2c(c1)OCO2. The summed E-state index contributed by atoms with van der Waals surface area (Å²) in [6.07, 6.45) is 0. The van der Waals surface area contributed by atoms with E-state index in [0.29, 0.717) is 16.0 Å². The summed E-state index contributed by atoms with van der Waals surface area (Å²) in [5.41, 5.74) is 1.16. The number of carbonyl (C=O) groups is 3. The number of carbonyl (C=O) groups excluding carboxylic acids is 3. The molecule has 2 aromatic rings. The highest BCUT2D eigenvalue weighted by Gasteiger charge is 2.21. The molecule has 1 aliphatic rings. The summed E-state index contributed by atoms with van der Waals surface area (Å²) in [6.45, 7) is 1.65. The van der Waals surface area contributed by atoms with Crippen LogP contribution in [0, 0.1) is 0 Å². The predicted molar refractivity (Wildman–Crippen MR) is 97.2 cm³/mol. The Kier molecular flexibility index (Phi) is 5.22. The monoisotopic (exact) mass is 418 g/mol. The molecule has 0 aliphatic carbocycles. The molecular formula is C18H15BrN2O5. The molecule has 0 radical (unpaired) electrons. The van der Waals surface area contributed by atoms with Crippen molar-refractivity contribution in [1.82, 2.24) is 5.32 Å². The lowest BCUT2D eigenvalue weighted by Gasteiger charge is -2.10. The van der Waals surface area contributed by atoms with Gasteiger partial charge in [0.25, 0.3) is 11.7 Å². The first-order chi connectivity index (χ1) is 12.4. The number of rotatable bonds is 5. The average molecular weight is 419 g/mol. The van der Waals surface area contributed by atoms with Gasteiger partial charge in [0.05, 0.1) is 11.3 Å². The Balaban J connectivity index is 1.71. The summed E-state index contributed by atoms with van der Waals surface area (Å²) in [7, 11) is 0. The van der Waals surface area contributed by atoms with Gasteiger partial charge in [-0.3, -0.25) is 14.4 Å². The smallest absolute Gasteiger partial charge is 0.292 e. The highest BCUT2D eigenvalue weighted by atomic mass is 79.9. The lowest BCUT2D eigenvalue weighted by Crippen LogP contribution is -2.31. The van der Waals surface area contributed by atoms with Crippen molar-refractivity contribution in [2.75, 3.05) is 12.1 Å². The average Bonchev–Trinajstić information content (AvgIpc) is 3.08. The number of hydrogen-bond acceptors (Lipinski definition) is 5. The second-order valence-corrected chi connectivity index (χ2v) is 6.49. The van der Waals surface area contributed by atoms with Crippen molar-refractivity contribution in [2.45, 2.75) is 13.5 Å².